The lowest BCUT2D eigenvalue weighted by Gasteiger charge is -2.21. The van der Waals surface area contributed by atoms with E-state index in [4.69, 9.17) is 28.4 Å². The van der Waals surface area contributed by atoms with Crippen molar-refractivity contribution in [2.75, 3.05) is 0 Å². The molecule has 0 radical (unpaired) electrons. The fourth-order valence-electron chi connectivity index (χ4n) is 5.47. The van der Waals surface area contributed by atoms with E-state index in [9.17, 15) is 0 Å². The van der Waals surface area contributed by atoms with Crippen LogP contribution in [0, 0.1) is 0 Å². The molecule has 0 aliphatic carbocycles. The summed E-state index contributed by atoms with van der Waals surface area (Å²) >= 11 is 3.88. The van der Waals surface area contributed by atoms with Crippen molar-refractivity contribution in [2.45, 2.75) is 65.1 Å². The molecule has 5 aromatic carbocycles. The predicted octanol–water partition coefficient (Wildman–Crippen LogP) is 9.17. The van der Waals surface area contributed by atoms with E-state index in [1.165, 1.54) is 0 Å². The molecule has 0 bridgehead atoms. The van der Waals surface area contributed by atoms with E-state index in [-0.39, 0.29) is 0 Å². The monoisotopic (exact) mass is 694 g/mol. The predicted molar refractivity (Wildman–Crippen MR) is 185 cm³/mol. The van der Waals surface area contributed by atoms with Gasteiger partial charge in [0.25, 0.3) is 0 Å². The van der Waals surface area contributed by atoms with Crippen molar-refractivity contribution in [3.05, 3.63) is 165 Å². The van der Waals surface area contributed by atoms with Gasteiger partial charge >= 0.3 is 0 Å². The van der Waals surface area contributed by atoms with Crippen LogP contribution in [-0.4, -0.2) is 18.9 Å². The molecule has 0 unspecified atom stereocenters. The molecule has 6 rings (SSSR count). The third kappa shape index (κ3) is 9.10. The first kappa shape index (κ1) is 32.9. The zero-order valence-corrected chi connectivity index (χ0v) is 28.0. The topological polar surface area (TPSA) is 55.4 Å². The second-order valence-corrected chi connectivity index (χ2v) is 12.1. The van der Waals surface area contributed by atoms with Gasteiger partial charge in [-0.3, -0.25) is 0 Å². The largest absolute Gasteiger partial charge is 0.488 e. The summed E-state index contributed by atoms with van der Waals surface area (Å²) < 4.78 is 39.0. The van der Waals surface area contributed by atoms with Crippen LogP contribution < -0.4 is 9.47 Å². The summed E-state index contributed by atoms with van der Waals surface area (Å²) in [6, 6.07) is 42.3. The highest BCUT2D eigenvalue weighted by Crippen LogP contribution is 2.41. The summed E-state index contributed by atoms with van der Waals surface area (Å²) in [5.41, 5.74) is 6.30. The SMILES string of the molecule is CCc1c(OCc2ccccc2)cc(OCc2ccccc2)c(Br)c1CC1O[C@H](OCc2ccccc2)[C@@H](OCc2ccccc2)O1. The van der Waals surface area contributed by atoms with E-state index in [1.807, 2.05) is 115 Å². The lowest BCUT2D eigenvalue weighted by atomic mass is 10.00. The zero-order chi connectivity index (χ0) is 32.3. The molecule has 1 saturated heterocycles. The molecule has 7 heteroatoms. The van der Waals surface area contributed by atoms with Crippen LogP contribution in [0.4, 0.5) is 0 Å². The molecule has 47 heavy (non-hydrogen) atoms. The van der Waals surface area contributed by atoms with Gasteiger partial charge in [0, 0.05) is 12.5 Å². The molecule has 1 aliphatic rings. The maximum Gasteiger partial charge on any atom is 0.212 e. The van der Waals surface area contributed by atoms with Gasteiger partial charge in [0.15, 0.2) is 6.29 Å². The lowest BCUT2D eigenvalue weighted by molar-refractivity contribution is -0.200. The molecule has 0 spiro atoms. The number of ether oxygens (including phenoxy) is 6. The van der Waals surface area contributed by atoms with Gasteiger partial charge < -0.3 is 28.4 Å². The molecule has 5 aromatic rings. The van der Waals surface area contributed by atoms with Crippen molar-refractivity contribution in [3.63, 3.8) is 0 Å². The normalized spacial score (nSPS) is 16.3. The number of rotatable bonds is 15. The van der Waals surface area contributed by atoms with Crippen molar-refractivity contribution >= 4 is 15.9 Å². The van der Waals surface area contributed by atoms with Crippen molar-refractivity contribution in [3.8, 4) is 11.5 Å². The fourth-order valence-corrected chi connectivity index (χ4v) is 6.10. The molecule has 1 aliphatic heterocycles. The Morgan fingerprint density at radius 2 is 0.936 bits per heavy atom. The van der Waals surface area contributed by atoms with E-state index in [1.54, 1.807) is 0 Å². The van der Waals surface area contributed by atoms with Crippen LogP contribution in [0.5, 0.6) is 11.5 Å². The lowest BCUT2D eigenvalue weighted by Crippen LogP contribution is -2.28. The first-order valence-electron chi connectivity index (χ1n) is 16.0. The van der Waals surface area contributed by atoms with Crippen LogP contribution in [0.15, 0.2) is 132 Å². The summed E-state index contributed by atoms with van der Waals surface area (Å²) in [4.78, 5) is 0. The van der Waals surface area contributed by atoms with Crippen molar-refractivity contribution in [2.24, 2.45) is 0 Å². The molecular formula is C40H39BrO6. The van der Waals surface area contributed by atoms with Gasteiger partial charge in [-0.2, -0.15) is 0 Å². The third-order valence-electron chi connectivity index (χ3n) is 7.91. The number of halogens is 1. The molecule has 1 fully saturated rings. The van der Waals surface area contributed by atoms with Crippen molar-refractivity contribution in [1.29, 1.82) is 0 Å². The molecule has 6 nitrogen and oxygen atoms in total. The summed E-state index contributed by atoms with van der Waals surface area (Å²) in [7, 11) is 0. The number of hydrogen-bond donors (Lipinski definition) is 0. The van der Waals surface area contributed by atoms with Gasteiger partial charge in [0.05, 0.1) is 17.7 Å². The highest BCUT2D eigenvalue weighted by atomic mass is 79.9. The van der Waals surface area contributed by atoms with Crippen molar-refractivity contribution < 1.29 is 28.4 Å². The average Bonchev–Trinajstić information content (AvgIpc) is 3.52. The van der Waals surface area contributed by atoms with Crippen LogP contribution in [-0.2, 0) is 58.2 Å². The summed E-state index contributed by atoms with van der Waals surface area (Å²) in [6.45, 7) is 3.73. The minimum Gasteiger partial charge on any atom is -0.488 e. The van der Waals surface area contributed by atoms with E-state index >= 15 is 0 Å². The first-order valence-corrected chi connectivity index (χ1v) is 16.7. The Morgan fingerprint density at radius 3 is 1.36 bits per heavy atom. The third-order valence-corrected chi connectivity index (χ3v) is 8.78. The minimum absolute atomic E-state index is 0.372. The Bertz CT molecular complexity index is 1620. The Labute approximate surface area is 285 Å². The van der Waals surface area contributed by atoms with Crippen molar-refractivity contribution in [1.82, 2.24) is 0 Å². The average molecular weight is 696 g/mol. The molecule has 2 atom stereocenters. The smallest absolute Gasteiger partial charge is 0.212 e. The molecule has 0 saturated carbocycles. The molecule has 1 heterocycles. The second-order valence-electron chi connectivity index (χ2n) is 11.3. The van der Waals surface area contributed by atoms with E-state index in [2.05, 4.69) is 35.0 Å². The fraction of sp³-hybridized carbons (Fsp3) is 0.250. The van der Waals surface area contributed by atoms with Gasteiger partial charge in [-0.15, -0.1) is 0 Å². The summed E-state index contributed by atoms with van der Waals surface area (Å²) in [6.07, 6.45) is -0.863. The van der Waals surface area contributed by atoms with Crippen LogP contribution in [0.3, 0.4) is 0 Å². The highest BCUT2D eigenvalue weighted by molar-refractivity contribution is 9.10. The van der Waals surface area contributed by atoms with Gasteiger partial charge in [-0.25, -0.2) is 0 Å². The van der Waals surface area contributed by atoms with E-state index in [0.29, 0.717) is 38.6 Å². The quantitative estimate of drug-likeness (QED) is 0.109. The highest BCUT2D eigenvalue weighted by Gasteiger charge is 2.39. The van der Waals surface area contributed by atoms with Crippen LogP contribution in [0.25, 0.3) is 0 Å². The van der Waals surface area contributed by atoms with Gasteiger partial charge in [-0.05, 0) is 55.7 Å². The maximum absolute atomic E-state index is 6.45. The number of hydrogen-bond acceptors (Lipinski definition) is 6. The van der Waals surface area contributed by atoms with E-state index in [0.717, 1.165) is 50.0 Å². The van der Waals surface area contributed by atoms with Gasteiger partial charge in [0.1, 0.15) is 24.7 Å². The molecule has 0 aromatic heterocycles. The zero-order valence-electron chi connectivity index (χ0n) is 26.4. The molecule has 0 amide bonds. The summed E-state index contributed by atoms with van der Waals surface area (Å²) in [5, 5.41) is 0. The van der Waals surface area contributed by atoms with Gasteiger partial charge in [-0.1, -0.05) is 128 Å². The van der Waals surface area contributed by atoms with Gasteiger partial charge in [0.2, 0.25) is 12.6 Å². The summed E-state index contributed by atoms with van der Waals surface area (Å²) in [5.74, 6) is 1.46. The molecular weight excluding hydrogens is 656 g/mol. The van der Waals surface area contributed by atoms with Crippen LogP contribution in [0.2, 0.25) is 0 Å². The van der Waals surface area contributed by atoms with E-state index < -0.39 is 18.9 Å². The van der Waals surface area contributed by atoms with Crippen LogP contribution in [0.1, 0.15) is 40.3 Å². The second kappa shape index (κ2) is 16.7. The Hall–Kier alpha value is -3.98. The molecule has 242 valence electrons. The first-order chi connectivity index (χ1) is 23.2. The standard InChI is InChI=1S/C40H39BrO6/c1-2-33-34(38(41)36(43-26-30-17-9-4-10-18-30)24-35(33)42-25-29-15-7-3-8-16-29)23-37-46-39(44-27-31-19-11-5-12-20-31)40(47-37)45-28-32-21-13-6-14-22-32/h3-22,24,37,39-40H,2,23,25-28H2,1H3/t39-,40-/m0/s1. The number of benzene rings is 5. The maximum atomic E-state index is 6.45. The Kier molecular flexibility index (Phi) is 11.7. The van der Waals surface area contributed by atoms with Crippen LogP contribution >= 0.6 is 15.9 Å². The Balaban J connectivity index is 1.24. The molecule has 0 N–H and O–H groups in total. The Morgan fingerprint density at radius 1 is 0.532 bits per heavy atom. The minimum atomic E-state index is -0.709.